The summed E-state index contributed by atoms with van der Waals surface area (Å²) in [4.78, 5) is 2.32. The molecule has 0 aliphatic carbocycles. The molecular formula is C10H18BrN3S. The van der Waals surface area contributed by atoms with Gasteiger partial charge in [0.05, 0.1) is 0 Å². The zero-order valence-corrected chi connectivity index (χ0v) is 11.9. The summed E-state index contributed by atoms with van der Waals surface area (Å²) < 4.78 is 0.860. The maximum atomic E-state index is 4.16. The summed E-state index contributed by atoms with van der Waals surface area (Å²) in [5.41, 5.74) is 0. The predicted molar refractivity (Wildman–Crippen MR) is 69.6 cm³/mol. The van der Waals surface area contributed by atoms with Crippen LogP contribution in [0.4, 0.5) is 5.13 Å². The minimum Gasteiger partial charge on any atom is -0.344 e. The molecule has 0 spiro atoms. The standard InChI is InChI=1S/C10H18BrN3S/c1-4-5-6-7-14(8(2)3)10-13-12-9(11)15-10/h8H,4-7H2,1-3H3. The Labute approximate surface area is 104 Å². The molecule has 0 aromatic carbocycles. The number of hydrogen-bond donors (Lipinski definition) is 0. The van der Waals surface area contributed by atoms with Crippen molar-refractivity contribution in [2.75, 3.05) is 11.4 Å². The van der Waals surface area contributed by atoms with Crippen molar-refractivity contribution in [3.8, 4) is 0 Å². The van der Waals surface area contributed by atoms with Gasteiger partial charge in [-0.15, -0.1) is 10.2 Å². The van der Waals surface area contributed by atoms with Crippen LogP contribution >= 0.6 is 27.3 Å². The number of aromatic nitrogens is 2. The summed E-state index contributed by atoms with van der Waals surface area (Å²) in [6.45, 7) is 7.69. The predicted octanol–water partition coefficient (Wildman–Crippen LogP) is 3.71. The highest BCUT2D eigenvalue weighted by Crippen LogP contribution is 2.25. The molecule has 0 bridgehead atoms. The third kappa shape index (κ3) is 4.07. The Bertz CT molecular complexity index is 288. The SMILES string of the molecule is CCCCCN(c1nnc(Br)s1)C(C)C. The highest BCUT2D eigenvalue weighted by Gasteiger charge is 2.14. The van der Waals surface area contributed by atoms with E-state index in [2.05, 4.69) is 51.8 Å². The van der Waals surface area contributed by atoms with Gasteiger partial charge in [0.2, 0.25) is 5.13 Å². The first-order valence-corrected chi connectivity index (χ1v) is 7.01. The van der Waals surface area contributed by atoms with Crippen LogP contribution in [-0.2, 0) is 0 Å². The van der Waals surface area contributed by atoms with Crippen LogP contribution in [-0.4, -0.2) is 22.8 Å². The van der Waals surface area contributed by atoms with Crippen LogP contribution in [0.2, 0.25) is 0 Å². The van der Waals surface area contributed by atoms with Crippen molar-refractivity contribution >= 4 is 32.4 Å². The zero-order valence-electron chi connectivity index (χ0n) is 9.53. The molecule has 0 fully saturated rings. The Kier molecular flexibility index (Phi) is 5.53. The van der Waals surface area contributed by atoms with E-state index >= 15 is 0 Å². The Hall–Kier alpha value is -0.160. The average Bonchev–Trinajstić information content (AvgIpc) is 2.59. The largest absolute Gasteiger partial charge is 0.344 e. The summed E-state index contributed by atoms with van der Waals surface area (Å²) >= 11 is 4.95. The van der Waals surface area contributed by atoms with E-state index in [0.717, 1.165) is 15.6 Å². The molecule has 0 saturated heterocycles. The van der Waals surface area contributed by atoms with Crippen molar-refractivity contribution in [3.05, 3.63) is 3.92 Å². The Morgan fingerprint density at radius 3 is 2.53 bits per heavy atom. The van der Waals surface area contributed by atoms with Crippen molar-refractivity contribution < 1.29 is 0 Å². The molecule has 0 aliphatic rings. The molecule has 0 saturated carbocycles. The lowest BCUT2D eigenvalue weighted by Gasteiger charge is -2.25. The first-order valence-electron chi connectivity index (χ1n) is 5.40. The smallest absolute Gasteiger partial charge is 0.209 e. The molecule has 0 atom stereocenters. The molecule has 0 N–H and O–H groups in total. The van der Waals surface area contributed by atoms with Crippen molar-refractivity contribution in [2.45, 2.75) is 46.1 Å². The number of rotatable bonds is 6. The van der Waals surface area contributed by atoms with E-state index in [-0.39, 0.29) is 0 Å². The number of anilines is 1. The molecule has 1 aromatic heterocycles. The fourth-order valence-corrected chi connectivity index (χ4v) is 2.67. The minimum absolute atomic E-state index is 0.488. The molecule has 15 heavy (non-hydrogen) atoms. The van der Waals surface area contributed by atoms with Gasteiger partial charge < -0.3 is 4.90 Å². The van der Waals surface area contributed by atoms with E-state index in [1.54, 1.807) is 11.3 Å². The van der Waals surface area contributed by atoms with E-state index in [9.17, 15) is 0 Å². The lowest BCUT2D eigenvalue weighted by atomic mass is 10.2. The highest BCUT2D eigenvalue weighted by molar-refractivity contribution is 9.11. The number of halogens is 1. The molecule has 0 amide bonds. The van der Waals surface area contributed by atoms with Gasteiger partial charge in [0.25, 0.3) is 0 Å². The number of nitrogens with zero attached hydrogens (tertiary/aromatic N) is 3. The minimum atomic E-state index is 0.488. The monoisotopic (exact) mass is 291 g/mol. The van der Waals surface area contributed by atoms with Crippen molar-refractivity contribution in [2.24, 2.45) is 0 Å². The van der Waals surface area contributed by atoms with Crippen LogP contribution in [0.1, 0.15) is 40.0 Å². The van der Waals surface area contributed by atoms with Gasteiger partial charge >= 0.3 is 0 Å². The van der Waals surface area contributed by atoms with Gasteiger partial charge in [-0.3, -0.25) is 0 Å². The maximum absolute atomic E-state index is 4.16. The zero-order chi connectivity index (χ0) is 11.3. The van der Waals surface area contributed by atoms with Crippen molar-refractivity contribution in [1.82, 2.24) is 10.2 Å². The third-order valence-corrected chi connectivity index (χ3v) is 3.65. The Morgan fingerprint density at radius 2 is 2.07 bits per heavy atom. The Morgan fingerprint density at radius 1 is 1.33 bits per heavy atom. The number of hydrogen-bond acceptors (Lipinski definition) is 4. The van der Waals surface area contributed by atoms with Crippen molar-refractivity contribution in [3.63, 3.8) is 0 Å². The van der Waals surface area contributed by atoms with E-state index in [1.807, 2.05) is 0 Å². The molecular weight excluding hydrogens is 274 g/mol. The molecule has 5 heteroatoms. The van der Waals surface area contributed by atoms with Gasteiger partial charge in [-0.25, -0.2) is 0 Å². The van der Waals surface area contributed by atoms with Gasteiger partial charge in [0.15, 0.2) is 3.92 Å². The summed E-state index contributed by atoms with van der Waals surface area (Å²) in [7, 11) is 0. The molecule has 0 unspecified atom stereocenters. The quantitative estimate of drug-likeness (QED) is 0.748. The lowest BCUT2D eigenvalue weighted by molar-refractivity contribution is 0.622. The van der Waals surface area contributed by atoms with Crippen LogP contribution in [0.15, 0.2) is 3.92 Å². The lowest BCUT2D eigenvalue weighted by Crippen LogP contribution is -2.31. The summed E-state index contributed by atoms with van der Waals surface area (Å²) in [6, 6.07) is 0.488. The number of unbranched alkanes of at least 4 members (excludes halogenated alkanes) is 2. The van der Waals surface area contributed by atoms with E-state index in [1.165, 1.54) is 19.3 Å². The van der Waals surface area contributed by atoms with Gasteiger partial charge in [0, 0.05) is 12.6 Å². The first kappa shape index (κ1) is 12.9. The Balaban J connectivity index is 2.58. The molecule has 0 radical (unpaired) electrons. The highest BCUT2D eigenvalue weighted by atomic mass is 79.9. The van der Waals surface area contributed by atoms with E-state index in [0.29, 0.717) is 6.04 Å². The normalized spacial score (nSPS) is 11.0. The van der Waals surface area contributed by atoms with Crippen molar-refractivity contribution in [1.29, 1.82) is 0 Å². The van der Waals surface area contributed by atoms with Crippen LogP contribution in [0.3, 0.4) is 0 Å². The fourth-order valence-electron chi connectivity index (χ4n) is 1.42. The molecule has 86 valence electrons. The average molecular weight is 292 g/mol. The maximum Gasteiger partial charge on any atom is 0.209 e. The summed E-state index contributed by atoms with van der Waals surface area (Å²) in [5.74, 6) is 0. The molecule has 1 aromatic rings. The second kappa shape index (κ2) is 6.43. The molecule has 0 aliphatic heterocycles. The van der Waals surface area contributed by atoms with Crippen LogP contribution in [0.5, 0.6) is 0 Å². The second-order valence-electron chi connectivity index (χ2n) is 3.83. The first-order chi connectivity index (χ1) is 7.15. The fraction of sp³-hybridized carbons (Fsp3) is 0.800. The van der Waals surface area contributed by atoms with Gasteiger partial charge in [-0.1, -0.05) is 31.1 Å². The van der Waals surface area contributed by atoms with Gasteiger partial charge in [-0.2, -0.15) is 0 Å². The van der Waals surface area contributed by atoms with Crippen LogP contribution in [0, 0.1) is 0 Å². The summed E-state index contributed by atoms with van der Waals surface area (Å²) in [6.07, 6.45) is 3.76. The topological polar surface area (TPSA) is 29.0 Å². The van der Waals surface area contributed by atoms with Gasteiger partial charge in [-0.05, 0) is 36.2 Å². The molecule has 1 rings (SSSR count). The summed E-state index contributed by atoms with van der Waals surface area (Å²) in [5, 5.41) is 9.18. The second-order valence-corrected chi connectivity index (χ2v) is 6.06. The van der Waals surface area contributed by atoms with Crippen LogP contribution in [0.25, 0.3) is 0 Å². The molecule has 3 nitrogen and oxygen atoms in total. The van der Waals surface area contributed by atoms with E-state index < -0.39 is 0 Å². The van der Waals surface area contributed by atoms with Gasteiger partial charge in [0.1, 0.15) is 0 Å². The van der Waals surface area contributed by atoms with E-state index in [4.69, 9.17) is 0 Å². The van der Waals surface area contributed by atoms with Crippen LogP contribution < -0.4 is 4.90 Å². The third-order valence-electron chi connectivity index (χ3n) is 2.26. The molecule has 1 heterocycles.